The zero-order chi connectivity index (χ0) is 12.3. The molecule has 0 aromatic carbocycles. The van der Waals surface area contributed by atoms with Crippen molar-refractivity contribution in [1.29, 1.82) is 0 Å². The molecule has 0 radical (unpaired) electrons. The Bertz CT molecular complexity index is 411. The maximum Gasteiger partial charge on any atom is 0.326 e. The molecule has 1 rings (SSSR count). The van der Waals surface area contributed by atoms with Crippen LogP contribution in [0.25, 0.3) is 0 Å². The van der Waals surface area contributed by atoms with Crippen LogP contribution in [0.15, 0.2) is 23.1 Å². The van der Waals surface area contributed by atoms with Gasteiger partial charge in [-0.2, -0.15) is 0 Å². The minimum atomic E-state index is -0.918. The first-order valence-electron chi connectivity index (χ1n) is 4.99. The molecule has 0 bridgehead atoms. The average Bonchev–Trinajstić information content (AvgIpc) is 2.14. The molecule has 1 heterocycles. The van der Waals surface area contributed by atoms with E-state index in [1.54, 1.807) is 6.07 Å². The minimum Gasteiger partial charge on any atom is -0.480 e. The van der Waals surface area contributed by atoms with Crippen LogP contribution in [0.1, 0.15) is 20.8 Å². The SMILES string of the molecule is CC(C)(C)[C@H](Nc1ccc(=O)[nH]c1)C(=O)O. The topological polar surface area (TPSA) is 82.2 Å². The summed E-state index contributed by atoms with van der Waals surface area (Å²) in [7, 11) is 0. The molecule has 88 valence electrons. The zero-order valence-electron chi connectivity index (χ0n) is 9.57. The van der Waals surface area contributed by atoms with E-state index in [1.165, 1.54) is 12.3 Å². The number of hydrogen-bond acceptors (Lipinski definition) is 3. The highest BCUT2D eigenvalue weighted by Crippen LogP contribution is 2.22. The van der Waals surface area contributed by atoms with Crippen molar-refractivity contribution in [2.75, 3.05) is 5.32 Å². The zero-order valence-corrected chi connectivity index (χ0v) is 9.57. The molecule has 5 nitrogen and oxygen atoms in total. The summed E-state index contributed by atoms with van der Waals surface area (Å²) in [5.74, 6) is -0.918. The number of aromatic amines is 1. The Labute approximate surface area is 93.5 Å². The highest BCUT2D eigenvalue weighted by molar-refractivity contribution is 5.78. The van der Waals surface area contributed by atoms with E-state index in [1.807, 2.05) is 20.8 Å². The normalized spacial score (nSPS) is 13.2. The predicted octanol–water partition coefficient (Wildman–Crippen LogP) is 1.29. The lowest BCUT2D eigenvalue weighted by atomic mass is 9.86. The van der Waals surface area contributed by atoms with Crippen molar-refractivity contribution in [3.05, 3.63) is 28.7 Å². The number of rotatable bonds is 3. The fourth-order valence-corrected chi connectivity index (χ4v) is 1.32. The number of anilines is 1. The molecular formula is C11H16N2O3. The van der Waals surface area contributed by atoms with Crippen LogP contribution >= 0.6 is 0 Å². The molecule has 0 saturated carbocycles. The molecule has 0 unspecified atom stereocenters. The van der Waals surface area contributed by atoms with E-state index in [2.05, 4.69) is 10.3 Å². The smallest absolute Gasteiger partial charge is 0.326 e. The van der Waals surface area contributed by atoms with Crippen molar-refractivity contribution < 1.29 is 9.90 Å². The summed E-state index contributed by atoms with van der Waals surface area (Å²) in [5.41, 5.74) is -0.0442. The second kappa shape index (κ2) is 4.38. The summed E-state index contributed by atoms with van der Waals surface area (Å²) in [6.45, 7) is 5.51. The van der Waals surface area contributed by atoms with Gasteiger partial charge in [-0.3, -0.25) is 4.79 Å². The molecule has 0 saturated heterocycles. The van der Waals surface area contributed by atoms with Crippen molar-refractivity contribution in [3.8, 4) is 0 Å². The van der Waals surface area contributed by atoms with Gasteiger partial charge < -0.3 is 15.4 Å². The summed E-state index contributed by atoms with van der Waals surface area (Å²) in [5, 5.41) is 12.0. The van der Waals surface area contributed by atoms with Gasteiger partial charge in [0, 0.05) is 12.3 Å². The molecule has 0 aliphatic heterocycles. The van der Waals surface area contributed by atoms with Crippen molar-refractivity contribution in [2.45, 2.75) is 26.8 Å². The number of hydrogen-bond donors (Lipinski definition) is 3. The van der Waals surface area contributed by atoms with Gasteiger partial charge >= 0.3 is 5.97 Å². The average molecular weight is 224 g/mol. The van der Waals surface area contributed by atoms with Crippen molar-refractivity contribution >= 4 is 11.7 Å². The molecule has 1 atom stereocenters. The van der Waals surface area contributed by atoms with E-state index in [9.17, 15) is 9.59 Å². The molecule has 0 spiro atoms. The van der Waals surface area contributed by atoms with Crippen LogP contribution in [-0.4, -0.2) is 22.1 Å². The van der Waals surface area contributed by atoms with Crippen LogP contribution in [0.2, 0.25) is 0 Å². The van der Waals surface area contributed by atoms with E-state index in [0.29, 0.717) is 5.69 Å². The van der Waals surface area contributed by atoms with Crippen molar-refractivity contribution in [2.24, 2.45) is 5.41 Å². The fourth-order valence-electron chi connectivity index (χ4n) is 1.32. The van der Waals surface area contributed by atoms with Crippen LogP contribution in [-0.2, 0) is 4.79 Å². The van der Waals surface area contributed by atoms with Crippen LogP contribution < -0.4 is 10.9 Å². The number of aliphatic carboxylic acids is 1. The summed E-state index contributed by atoms with van der Waals surface area (Å²) in [6.07, 6.45) is 1.46. The Morgan fingerprint density at radius 2 is 2.06 bits per heavy atom. The molecule has 5 heteroatoms. The molecule has 16 heavy (non-hydrogen) atoms. The molecule has 3 N–H and O–H groups in total. The van der Waals surface area contributed by atoms with Gasteiger partial charge in [0.2, 0.25) is 5.56 Å². The minimum absolute atomic E-state index is 0.215. The number of carboxylic acids is 1. The third-order valence-electron chi connectivity index (χ3n) is 2.21. The van der Waals surface area contributed by atoms with E-state index in [4.69, 9.17) is 5.11 Å². The van der Waals surface area contributed by atoms with Gasteiger partial charge in [-0.05, 0) is 11.5 Å². The van der Waals surface area contributed by atoms with Crippen LogP contribution in [0, 0.1) is 5.41 Å². The van der Waals surface area contributed by atoms with E-state index in [0.717, 1.165) is 0 Å². The van der Waals surface area contributed by atoms with Gasteiger partial charge in [-0.1, -0.05) is 20.8 Å². The Morgan fingerprint density at radius 3 is 2.44 bits per heavy atom. The molecule has 0 fully saturated rings. The standard InChI is InChI=1S/C11H16N2O3/c1-11(2,3)9(10(15)16)13-7-4-5-8(14)12-6-7/h4-6,9,13H,1-3H3,(H,12,14)(H,15,16)/t9-/m1/s1. The lowest BCUT2D eigenvalue weighted by Crippen LogP contribution is -2.41. The summed E-state index contributed by atoms with van der Waals surface area (Å²) in [4.78, 5) is 24.4. The summed E-state index contributed by atoms with van der Waals surface area (Å²) >= 11 is 0. The maximum atomic E-state index is 11.1. The van der Waals surface area contributed by atoms with Gasteiger partial charge in [0.1, 0.15) is 6.04 Å². The second-order valence-corrected chi connectivity index (χ2v) is 4.72. The first-order chi connectivity index (χ1) is 7.30. The third kappa shape index (κ3) is 3.12. The molecule has 1 aromatic rings. The monoisotopic (exact) mass is 224 g/mol. The van der Waals surface area contributed by atoms with Gasteiger partial charge in [0.05, 0.1) is 5.69 Å². The number of carboxylic acid groups (broad SMARTS) is 1. The largest absolute Gasteiger partial charge is 0.480 e. The third-order valence-corrected chi connectivity index (χ3v) is 2.21. The fraction of sp³-hybridized carbons (Fsp3) is 0.455. The van der Waals surface area contributed by atoms with Gasteiger partial charge in [-0.25, -0.2) is 4.79 Å². The lowest BCUT2D eigenvalue weighted by molar-refractivity contribution is -0.140. The molecule has 0 aliphatic rings. The van der Waals surface area contributed by atoms with Crippen molar-refractivity contribution in [3.63, 3.8) is 0 Å². The van der Waals surface area contributed by atoms with E-state index in [-0.39, 0.29) is 5.56 Å². The highest BCUT2D eigenvalue weighted by atomic mass is 16.4. The Hall–Kier alpha value is -1.78. The second-order valence-electron chi connectivity index (χ2n) is 4.72. The van der Waals surface area contributed by atoms with Crippen LogP contribution in [0.4, 0.5) is 5.69 Å². The molecule has 0 amide bonds. The number of pyridine rings is 1. The number of H-pyrrole nitrogens is 1. The quantitative estimate of drug-likeness (QED) is 0.722. The Morgan fingerprint density at radius 1 is 1.44 bits per heavy atom. The van der Waals surface area contributed by atoms with Crippen LogP contribution in [0.5, 0.6) is 0 Å². The Kier molecular flexibility index (Phi) is 3.37. The van der Waals surface area contributed by atoms with Crippen molar-refractivity contribution in [1.82, 2.24) is 4.98 Å². The highest BCUT2D eigenvalue weighted by Gasteiger charge is 2.30. The van der Waals surface area contributed by atoms with Gasteiger partial charge in [0.15, 0.2) is 0 Å². The van der Waals surface area contributed by atoms with E-state index >= 15 is 0 Å². The van der Waals surface area contributed by atoms with Crippen LogP contribution in [0.3, 0.4) is 0 Å². The maximum absolute atomic E-state index is 11.1. The van der Waals surface area contributed by atoms with Gasteiger partial charge in [-0.15, -0.1) is 0 Å². The molecule has 1 aromatic heterocycles. The molecular weight excluding hydrogens is 208 g/mol. The number of aromatic nitrogens is 1. The first-order valence-corrected chi connectivity index (χ1v) is 4.99. The first kappa shape index (κ1) is 12.3. The number of carbonyl (C=O) groups is 1. The van der Waals surface area contributed by atoms with Gasteiger partial charge in [0.25, 0.3) is 0 Å². The predicted molar refractivity (Wildman–Crippen MR) is 61.6 cm³/mol. The summed E-state index contributed by atoms with van der Waals surface area (Å²) in [6, 6.07) is 2.20. The Balaban J connectivity index is 2.88. The number of nitrogens with one attached hydrogen (secondary N) is 2. The summed E-state index contributed by atoms with van der Waals surface area (Å²) < 4.78 is 0. The lowest BCUT2D eigenvalue weighted by Gasteiger charge is -2.28. The molecule has 0 aliphatic carbocycles. The van der Waals surface area contributed by atoms with E-state index < -0.39 is 17.4 Å².